The van der Waals surface area contributed by atoms with Crippen LogP contribution in [0.3, 0.4) is 0 Å². The average Bonchev–Trinajstić information content (AvgIpc) is 2.96. The first kappa shape index (κ1) is 34.9. The topological polar surface area (TPSA) is 93.1 Å². The molecule has 7 atom stereocenters. The standard InChI is InChI=1S/C35H54O6/c1-7-9-10-29-22-24-35(41-33(29)19-14-25(3)11-16-30(36)8-2)23-21-28(6)32(40-35)18-13-26(4)12-17-31(37)27(5)15-20-34(38)39/h11-15,17,19-20,27-29,31-33,37H,7-10,16,18,21-24H2,1-6H3,(H,38,39)/t27?,28?,29?,31?,32?,33?,35-/m0/s1. The molecule has 6 heteroatoms. The Hall–Kier alpha value is -2.28. The number of aliphatic carboxylic acids is 1. The number of ketones is 1. The first-order chi connectivity index (χ1) is 19.5. The fourth-order valence-corrected chi connectivity index (χ4v) is 5.46. The Bertz CT molecular complexity index is 989. The summed E-state index contributed by atoms with van der Waals surface area (Å²) in [6, 6.07) is 0. The summed E-state index contributed by atoms with van der Waals surface area (Å²) in [5.41, 5.74) is 2.12. The molecule has 0 radical (unpaired) electrons. The Kier molecular flexibility index (Phi) is 15.0. The highest BCUT2D eigenvalue weighted by atomic mass is 16.7. The van der Waals surface area contributed by atoms with Crippen LogP contribution in [-0.4, -0.2) is 46.1 Å². The third-order valence-corrected chi connectivity index (χ3v) is 8.53. The largest absolute Gasteiger partial charge is 0.478 e. The third kappa shape index (κ3) is 12.2. The van der Waals surface area contributed by atoms with E-state index in [1.165, 1.54) is 18.9 Å². The van der Waals surface area contributed by atoms with Gasteiger partial charge in [-0.3, -0.25) is 4.79 Å². The van der Waals surface area contributed by atoms with Crippen LogP contribution in [0.4, 0.5) is 0 Å². The van der Waals surface area contributed by atoms with Gasteiger partial charge in [-0.1, -0.05) is 94.2 Å². The van der Waals surface area contributed by atoms with Gasteiger partial charge in [0.05, 0.1) is 18.3 Å². The number of aliphatic hydroxyl groups excluding tert-OH is 1. The number of ether oxygens (including phenoxy) is 2. The summed E-state index contributed by atoms with van der Waals surface area (Å²) in [5.74, 6) is -0.741. The summed E-state index contributed by atoms with van der Waals surface area (Å²) in [6.07, 6.45) is 23.1. The number of unbranched alkanes of at least 4 members (excludes halogenated alkanes) is 1. The molecule has 0 aromatic carbocycles. The van der Waals surface area contributed by atoms with Gasteiger partial charge in [-0.15, -0.1) is 0 Å². The number of carboxylic acids is 1. The molecule has 6 unspecified atom stereocenters. The fourth-order valence-electron chi connectivity index (χ4n) is 5.46. The van der Waals surface area contributed by atoms with Gasteiger partial charge in [-0.25, -0.2) is 4.79 Å². The quantitative estimate of drug-likeness (QED) is 0.154. The molecule has 2 rings (SSSR count). The minimum atomic E-state index is -1.02. The van der Waals surface area contributed by atoms with Crippen molar-refractivity contribution >= 4 is 11.8 Å². The fraction of sp³-hybridized carbons (Fsp3) is 0.657. The van der Waals surface area contributed by atoms with E-state index >= 15 is 0 Å². The third-order valence-electron chi connectivity index (χ3n) is 8.53. The molecule has 2 aliphatic heterocycles. The number of hydrogen-bond donors (Lipinski definition) is 2. The maximum absolute atomic E-state index is 11.7. The van der Waals surface area contributed by atoms with Crippen LogP contribution in [-0.2, 0) is 19.1 Å². The lowest BCUT2D eigenvalue weighted by Gasteiger charge is -2.49. The zero-order valence-electron chi connectivity index (χ0n) is 26.2. The van der Waals surface area contributed by atoms with Crippen molar-refractivity contribution in [2.24, 2.45) is 17.8 Å². The van der Waals surface area contributed by atoms with Crippen molar-refractivity contribution in [1.82, 2.24) is 0 Å². The summed E-state index contributed by atoms with van der Waals surface area (Å²) in [6.45, 7) is 12.2. The SMILES string of the molecule is CCCCC1CC[C@]2(CCC(C)C(CC=C(C)C=CC(O)C(C)C=CC(=O)O)O2)OC1C=CC(C)=CCC(=O)CC. The minimum Gasteiger partial charge on any atom is -0.478 e. The maximum atomic E-state index is 11.7. The maximum Gasteiger partial charge on any atom is 0.327 e. The van der Waals surface area contributed by atoms with Crippen LogP contribution in [0.15, 0.2) is 59.8 Å². The molecule has 0 saturated carbocycles. The van der Waals surface area contributed by atoms with Crippen LogP contribution in [0.1, 0.15) is 106 Å². The van der Waals surface area contributed by atoms with E-state index in [9.17, 15) is 14.7 Å². The second kappa shape index (κ2) is 17.6. The summed E-state index contributed by atoms with van der Waals surface area (Å²) in [7, 11) is 0. The first-order valence-corrected chi connectivity index (χ1v) is 15.6. The molecule has 2 fully saturated rings. The van der Waals surface area contributed by atoms with Crippen molar-refractivity contribution in [1.29, 1.82) is 0 Å². The second-order valence-electron chi connectivity index (χ2n) is 12.1. The molecule has 0 bridgehead atoms. The predicted molar refractivity (Wildman–Crippen MR) is 165 cm³/mol. The van der Waals surface area contributed by atoms with Gasteiger partial charge >= 0.3 is 5.97 Å². The molecule has 2 heterocycles. The Morgan fingerprint density at radius 3 is 2.39 bits per heavy atom. The van der Waals surface area contributed by atoms with Crippen molar-refractivity contribution in [3.63, 3.8) is 0 Å². The van der Waals surface area contributed by atoms with Crippen molar-refractivity contribution in [2.75, 3.05) is 0 Å². The lowest BCUT2D eigenvalue weighted by molar-refractivity contribution is -0.324. The van der Waals surface area contributed by atoms with Crippen LogP contribution in [0.5, 0.6) is 0 Å². The van der Waals surface area contributed by atoms with E-state index in [-0.39, 0.29) is 23.9 Å². The zero-order chi connectivity index (χ0) is 30.4. The second-order valence-corrected chi connectivity index (χ2v) is 12.1. The Balaban J connectivity index is 2.08. The molecule has 2 aliphatic rings. The Labute approximate surface area is 248 Å². The van der Waals surface area contributed by atoms with E-state index in [0.29, 0.717) is 24.7 Å². The number of carbonyl (C=O) groups excluding carboxylic acids is 1. The van der Waals surface area contributed by atoms with Crippen molar-refractivity contribution in [3.8, 4) is 0 Å². The molecule has 230 valence electrons. The minimum absolute atomic E-state index is 0.00607. The number of aliphatic hydroxyl groups is 1. The van der Waals surface area contributed by atoms with Gasteiger partial charge < -0.3 is 19.7 Å². The van der Waals surface area contributed by atoms with Gasteiger partial charge in [0.2, 0.25) is 0 Å². The Morgan fingerprint density at radius 2 is 1.71 bits per heavy atom. The molecule has 0 aromatic rings. The molecule has 0 aromatic heterocycles. The molecular formula is C35H54O6. The number of allylic oxidation sites excluding steroid dienone is 5. The molecule has 2 saturated heterocycles. The highest BCUT2D eigenvalue weighted by Gasteiger charge is 2.46. The summed E-state index contributed by atoms with van der Waals surface area (Å²) in [4.78, 5) is 22.5. The van der Waals surface area contributed by atoms with E-state index in [2.05, 4.69) is 32.1 Å². The van der Waals surface area contributed by atoms with Gasteiger partial charge in [0.25, 0.3) is 0 Å². The van der Waals surface area contributed by atoms with Crippen LogP contribution >= 0.6 is 0 Å². The van der Waals surface area contributed by atoms with Gasteiger partial charge in [0.15, 0.2) is 5.79 Å². The van der Waals surface area contributed by atoms with E-state index in [1.807, 2.05) is 32.9 Å². The van der Waals surface area contributed by atoms with Crippen molar-refractivity contribution in [3.05, 3.63) is 59.8 Å². The molecule has 0 amide bonds. The molecule has 41 heavy (non-hydrogen) atoms. The first-order valence-electron chi connectivity index (χ1n) is 15.6. The normalized spacial score (nSPS) is 29.5. The van der Waals surface area contributed by atoms with Gasteiger partial charge in [0.1, 0.15) is 5.78 Å². The van der Waals surface area contributed by atoms with Gasteiger partial charge in [-0.2, -0.15) is 0 Å². The molecule has 6 nitrogen and oxygen atoms in total. The molecule has 2 N–H and O–H groups in total. The summed E-state index contributed by atoms with van der Waals surface area (Å²) in [5, 5.41) is 19.1. The van der Waals surface area contributed by atoms with E-state index in [0.717, 1.165) is 55.7 Å². The lowest BCUT2D eigenvalue weighted by Crippen LogP contribution is -2.52. The number of Topliss-reactive ketones (excluding diaryl/α,β-unsaturated/α-hetero) is 1. The Morgan fingerprint density at radius 1 is 1.00 bits per heavy atom. The summed E-state index contributed by atoms with van der Waals surface area (Å²) < 4.78 is 13.6. The summed E-state index contributed by atoms with van der Waals surface area (Å²) >= 11 is 0. The van der Waals surface area contributed by atoms with Crippen LogP contribution in [0.25, 0.3) is 0 Å². The van der Waals surface area contributed by atoms with Crippen LogP contribution < -0.4 is 0 Å². The van der Waals surface area contributed by atoms with Crippen molar-refractivity contribution in [2.45, 2.75) is 130 Å². The average molecular weight is 571 g/mol. The monoisotopic (exact) mass is 570 g/mol. The van der Waals surface area contributed by atoms with E-state index in [4.69, 9.17) is 14.6 Å². The molecular weight excluding hydrogens is 516 g/mol. The smallest absolute Gasteiger partial charge is 0.327 e. The lowest BCUT2D eigenvalue weighted by atomic mass is 9.81. The van der Waals surface area contributed by atoms with Gasteiger partial charge in [0, 0.05) is 37.7 Å². The van der Waals surface area contributed by atoms with Crippen LogP contribution in [0.2, 0.25) is 0 Å². The van der Waals surface area contributed by atoms with Gasteiger partial charge in [-0.05, 0) is 51.4 Å². The zero-order valence-corrected chi connectivity index (χ0v) is 26.2. The van der Waals surface area contributed by atoms with E-state index in [1.54, 1.807) is 13.0 Å². The number of rotatable bonds is 15. The number of carboxylic acid groups (broad SMARTS) is 1. The highest BCUT2D eigenvalue weighted by Crippen LogP contribution is 2.45. The molecule has 1 spiro atoms. The number of carbonyl (C=O) groups is 2. The highest BCUT2D eigenvalue weighted by molar-refractivity contribution is 5.80. The number of hydrogen-bond acceptors (Lipinski definition) is 5. The predicted octanol–water partition coefficient (Wildman–Crippen LogP) is 7.89. The van der Waals surface area contributed by atoms with Crippen molar-refractivity contribution < 1.29 is 29.3 Å². The van der Waals surface area contributed by atoms with E-state index < -0.39 is 17.9 Å². The van der Waals surface area contributed by atoms with Crippen LogP contribution in [0, 0.1) is 17.8 Å². The molecule has 0 aliphatic carbocycles.